The molecule has 0 aliphatic carbocycles. The van der Waals surface area contributed by atoms with Gasteiger partial charge in [0.25, 0.3) is 0 Å². The highest BCUT2D eigenvalue weighted by atomic mass is 15.1. The quantitative estimate of drug-likeness (QED) is 0.219. The van der Waals surface area contributed by atoms with Crippen molar-refractivity contribution in [1.29, 1.82) is 0 Å². The Morgan fingerprint density at radius 3 is 1.17 bits per heavy atom. The van der Waals surface area contributed by atoms with Gasteiger partial charge in [-0.05, 0) is 19.5 Å². The molecule has 1 nitrogen and oxygen atoms in total. The highest BCUT2D eigenvalue weighted by Gasteiger charge is 1.99. The van der Waals surface area contributed by atoms with Crippen LogP contribution >= 0.6 is 0 Å². The van der Waals surface area contributed by atoms with E-state index in [1.54, 1.807) is 0 Å². The molecule has 0 aliphatic rings. The molecule has 0 amide bonds. The van der Waals surface area contributed by atoms with E-state index in [0.29, 0.717) is 0 Å². The zero-order valence-corrected chi connectivity index (χ0v) is 16.8. The first-order chi connectivity index (χ1) is 11.3. The molecular weight excluding hydrogens is 278 g/mol. The molecule has 1 radical (unpaired) electrons. The zero-order valence-electron chi connectivity index (χ0n) is 16.8. The van der Waals surface area contributed by atoms with Crippen molar-refractivity contribution >= 4 is 0 Å². The number of rotatable bonds is 19. The lowest BCUT2D eigenvalue weighted by molar-refractivity contribution is 0.354. The number of hydrogen-bond acceptors (Lipinski definition) is 1. The summed E-state index contributed by atoms with van der Waals surface area (Å²) in [6.07, 6.45) is 23.1. The van der Waals surface area contributed by atoms with E-state index in [0.717, 1.165) is 13.1 Å². The predicted octanol–water partition coefficient (Wildman–Crippen LogP) is 7.75. The Hall–Kier alpha value is -0.0400. The molecule has 0 N–H and O–H groups in total. The standard InChI is InChI=1S/C22H46N/c1-4-7-8-9-10-11-12-13-14-15-16-17-18-19-20-21-22-23(5-2)6-3/h22H,4-21H2,1-3H3. The summed E-state index contributed by atoms with van der Waals surface area (Å²) in [7, 11) is 0. The fourth-order valence-corrected chi connectivity index (χ4v) is 3.27. The number of hydrogen-bond donors (Lipinski definition) is 0. The second-order valence-corrected chi connectivity index (χ2v) is 7.14. The molecule has 0 saturated carbocycles. The summed E-state index contributed by atoms with van der Waals surface area (Å²) in [6, 6.07) is 0. The molecule has 0 aromatic heterocycles. The van der Waals surface area contributed by atoms with Gasteiger partial charge >= 0.3 is 0 Å². The predicted molar refractivity (Wildman–Crippen MR) is 107 cm³/mol. The van der Waals surface area contributed by atoms with Crippen LogP contribution in [-0.4, -0.2) is 18.0 Å². The summed E-state index contributed by atoms with van der Waals surface area (Å²) >= 11 is 0. The van der Waals surface area contributed by atoms with E-state index >= 15 is 0 Å². The lowest BCUT2D eigenvalue weighted by atomic mass is 10.0. The molecule has 0 aromatic carbocycles. The van der Waals surface area contributed by atoms with Crippen LogP contribution in [0.1, 0.15) is 124 Å². The minimum Gasteiger partial charge on any atom is -0.299 e. The van der Waals surface area contributed by atoms with Crippen molar-refractivity contribution in [2.24, 2.45) is 0 Å². The first-order valence-corrected chi connectivity index (χ1v) is 10.9. The molecule has 0 spiro atoms. The average Bonchev–Trinajstić information content (AvgIpc) is 2.58. The van der Waals surface area contributed by atoms with Crippen molar-refractivity contribution in [1.82, 2.24) is 4.90 Å². The topological polar surface area (TPSA) is 3.24 Å². The Balaban J connectivity index is 3.02. The van der Waals surface area contributed by atoms with Gasteiger partial charge < -0.3 is 0 Å². The van der Waals surface area contributed by atoms with Crippen LogP contribution in [-0.2, 0) is 0 Å². The van der Waals surface area contributed by atoms with Gasteiger partial charge in [0.15, 0.2) is 0 Å². The van der Waals surface area contributed by atoms with Gasteiger partial charge in [0.2, 0.25) is 0 Å². The van der Waals surface area contributed by atoms with Crippen LogP contribution in [0.2, 0.25) is 0 Å². The Labute approximate surface area is 148 Å². The van der Waals surface area contributed by atoms with Crippen LogP contribution < -0.4 is 0 Å². The monoisotopic (exact) mass is 324 g/mol. The van der Waals surface area contributed by atoms with Gasteiger partial charge in [0, 0.05) is 6.54 Å². The van der Waals surface area contributed by atoms with E-state index in [4.69, 9.17) is 0 Å². The Kier molecular flexibility index (Phi) is 20.0. The molecule has 0 saturated heterocycles. The molecule has 23 heavy (non-hydrogen) atoms. The maximum absolute atomic E-state index is 2.42. The van der Waals surface area contributed by atoms with Crippen LogP contribution in [0.15, 0.2) is 0 Å². The minimum atomic E-state index is 1.16. The van der Waals surface area contributed by atoms with E-state index < -0.39 is 0 Å². The average molecular weight is 325 g/mol. The molecule has 0 bridgehead atoms. The van der Waals surface area contributed by atoms with Crippen molar-refractivity contribution in [3.63, 3.8) is 0 Å². The van der Waals surface area contributed by atoms with Crippen LogP contribution in [0.3, 0.4) is 0 Å². The minimum absolute atomic E-state index is 1.16. The second kappa shape index (κ2) is 20.0. The highest BCUT2D eigenvalue weighted by molar-refractivity contribution is 4.65. The van der Waals surface area contributed by atoms with Crippen molar-refractivity contribution in [3.8, 4) is 0 Å². The summed E-state index contributed by atoms with van der Waals surface area (Å²) < 4.78 is 0. The maximum Gasteiger partial charge on any atom is 0.0251 e. The van der Waals surface area contributed by atoms with Gasteiger partial charge in [-0.1, -0.05) is 117 Å². The van der Waals surface area contributed by atoms with Gasteiger partial charge in [-0.2, -0.15) is 0 Å². The van der Waals surface area contributed by atoms with Crippen LogP contribution in [0.5, 0.6) is 0 Å². The van der Waals surface area contributed by atoms with Gasteiger partial charge in [-0.3, -0.25) is 4.90 Å². The second-order valence-electron chi connectivity index (χ2n) is 7.14. The third-order valence-corrected chi connectivity index (χ3v) is 5.01. The molecule has 0 atom stereocenters. The summed E-state index contributed by atoms with van der Waals surface area (Å²) in [5, 5.41) is 0. The van der Waals surface area contributed by atoms with E-state index in [1.807, 2.05) is 0 Å². The highest BCUT2D eigenvalue weighted by Crippen LogP contribution is 2.14. The van der Waals surface area contributed by atoms with Crippen LogP contribution in [0.25, 0.3) is 0 Å². The first-order valence-electron chi connectivity index (χ1n) is 10.9. The van der Waals surface area contributed by atoms with Gasteiger partial charge in [0.1, 0.15) is 0 Å². The summed E-state index contributed by atoms with van der Waals surface area (Å²) in [5.74, 6) is 0. The maximum atomic E-state index is 2.42. The first kappa shape index (κ1) is 23.0. The molecule has 0 unspecified atom stereocenters. The summed E-state index contributed by atoms with van der Waals surface area (Å²) in [6.45, 7) is 11.5. The van der Waals surface area contributed by atoms with Crippen molar-refractivity contribution in [2.45, 2.75) is 124 Å². The molecule has 0 rings (SSSR count). The van der Waals surface area contributed by atoms with E-state index in [9.17, 15) is 0 Å². The molecule has 0 heterocycles. The van der Waals surface area contributed by atoms with Crippen molar-refractivity contribution < 1.29 is 0 Å². The van der Waals surface area contributed by atoms with E-state index in [-0.39, 0.29) is 0 Å². The normalized spacial score (nSPS) is 11.5. The Morgan fingerprint density at radius 1 is 0.478 bits per heavy atom. The van der Waals surface area contributed by atoms with Gasteiger partial charge in [-0.25, -0.2) is 0 Å². The third-order valence-electron chi connectivity index (χ3n) is 5.01. The Bertz CT molecular complexity index is 198. The summed E-state index contributed by atoms with van der Waals surface area (Å²) in [4.78, 5) is 2.42. The number of nitrogens with zero attached hydrogens (tertiary/aromatic N) is 1. The fourth-order valence-electron chi connectivity index (χ4n) is 3.27. The SMILES string of the molecule is CCCCCCCCCCCCCCCCC[CH]N(CC)CC. The molecule has 0 aromatic rings. The fraction of sp³-hybridized carbons (Fsp3) is 0.955. The lowest BCUT2D eigenvalue weighted by Crippen LogP contribution is -2.19. The van der Waals surface area contributed by atoms with E-state index in [1.165, 1.54) is 103 Å². The lowest BCUT2D eigenvalue weighted by Gasteiger charge is -2.16. The largest absolute Gasteiger partial charge is 0.299 e. The number of unbranched alkanes of at least 4 members (excludes halogenated alkanes) is 15. The molecule has 0 fully saturated rings. The van der Waals surface area contributed by atoms with E-state index in [2.05, 4.69) is 32.2 Å². The van der Waals surface area contributed by atoms with Gasteiger partial charge in [0.05, 0.1) is 0 Å². The molecular formula is C22H46N. The van der Waals surface area contributed by atoms with Crippen molar-refractivity contribution in [2.75, 3.05) is 13.1 Å². The Morgan fingerprint density at radius 2 is 0.826 bits per heavy atom. The molecule has 1 heteroatoms. The summed E-state index contributed by atoms with van der Waals surface area (Å²) in [5.41, 5.74) is 0. The van der Waals surface area contributed by atoms with Gasteiger partial charge in [-0.15, -0.1) is 0 Å². The smallest absolute Gasteiger partial charge is 0.0251 e. The molecule has 0 aliphatic heterocycles. The van der Waals surface area contributed by atoms with Crippen LogP contribution in [0, 0.1) is 6.54 Å². The zero-order chi connectivity index (χ0) is 17.0. The third kappa shape index (κ3) is 18.1. The molecule has 139 valence electrons. The van der Waals surface area contributed by atoms with Crippen LogP contribution in [0.4, 0.5) is 0 Å². The van der Waals surface area contributed by atoms with Crippen molar-refractivity contribution in [3.05, 3.63) is 6.54 Å².